The summed E-state index contributed by atoms with van der Waals surface area (Å²) in [5, 5.41) is 3.37. The Morgan fingerprint density at radius 3 is 2.29 bits per heavy atom. The van der Waals surface area contributed by atoms with Gasteiger partial charge in [-0.1, -0.05) is 0 Å². The van der Waals surface area contributed by atoms with Gasteiger partial charge < -0.3 is 29.3 Å². The third-order valence-electron chi connectivity index (χ3n) is 4.83. The molecule has 1 aromatic carbocycles. The van der Waals surface area contributed by atoms with Gasteiger partial charge in [-0.2, -0.15) is 0 Å². The maximum absolute atomic E-state index is 12.5. The van der Waals surface area contributed by atoms with E-state index in [1.807, 2.05) is 12.1 Å². The summed E-state index contributed by atoms with van der Waals surface area (Å²) in [6.07, 6.45) is 0.919. The van der Waals surface area contributed by atoms with Gasteiger partial charge in [0.15, 0.2) is 11.5 Å². The van der Waals surface area contributed by atoms with Gasteiger partial charge in [-0.05, 0) is 26.8 Å². The predicted octanol–water partition coefficient (Wildman–Crippen LogP) is 1.82. The molecule has 0 bridgehead atoms. The lowest BCUT2D eigenvalue weighted by Crippen LogP contribution is -2.51. The predicted molar refractivity (Wildman–Crippen MR) is 116 cm³/mol. The zero-order valence-corrected chi connectivity index (χ0v) is 18.6. The number of ether oxygens (including phenoxy) is 3. The van der Waals surface area contributed by atoms with Crippen LogP contribution in [0.15, 0.2) is 18.5 Å². The molecule has 0 atom stereocenters. The lowest BCUT2D eigenvalue weighted by Gasteiger charge is -2.35. The minimum absolute atomic E-state index is 0.0949. The van der Waals surface area contributed by atoms with Gasteiger partial charge in [-0.15, -0.1) is 0 Å². The molecular weight excluding hydrogens is 402 g/mol. The standard InChI is InChI=1S/C21H29N5O5/c1-21(2,3)31-20(28)22-12-18(27)25-6-8-26(9-7-25)19-14-10-16(29-4)17(30-5)11-15(14)23-13-24-19/h10-11,13H,6-9,12H2,1-5H3,(H,22,28). The molecule has 2 heterocycles. The van der Waals surface area contributed by atoms with Crippen molar-refractivity contribution in [1.29, 1.82) is 0 Å². The monoisotopic (exact) mass is 431 g/mol. The summed E-state index contributed by atoms with van der Waals surface area (Å²) in [7, 11) is 3.17. The van der Waals surface area contributed by atoms with Crippen LogP contribution in [0.25, 0.3) is 10.9 Å². The molecule has 2 aromatic rings. The Kier molecular flexibility index (Phi) is 6.67. The number of piperazine rings is 1. The molecule has 10 nitrogen and oxygen atoms in total. The number of amides is 2. The number of nitrogens with zero attached hydrogens (tertiary/aromatic N) is 4. The summed E-state index contributed by atoms with van der Waals surface area (Å²) in [6, 6.07) is 3.69. The smallest absolute Gasteiger partial charge is 0.408 e. The maximum atomic E-state index is 12.5. The Morgan fingerprint density at radius 2 is 1.68 bits per heavy atom. The fourth-order valence-electron chi connectivity index (χ4n) is 3.36. The van der Waals surface area contributed by atoms with E-state index in [0.29, 0.717) is 37.7 Å². The van der Waals surface area contributed by atoms with Crippen LogP contribution in [0.5, 0.6) is 11.5 Å². The Hall–Kier alpha value is -3.30. The van der Waals surface area contributed by atoms with Crippen LogP contribution in [0.4, 0.5) is 10.6 Å². The molecule has 0 unspecified atom stereocenters. The van der Waals surface area contributed by atoms with Gasteiger partial charge in [-0.25, -0.2) is 14.8 Å². The minimum atomic E-state index is -0.605. The first-order chi connectivity index (χ1) is 14.7. The van der Waals surface area contributed by atoms with E-state index in [4.69, 9.17) is 14.2 Å². The molecule has 168 valence electrons. The maximum Gasteiger partial charge on any atom is 0.408 e. The van der Waals surface area contributed by atoms with E-state index in [1.165, 1.54) is 6.33 Å². The Bertz CT molecular complexity index is 951. The number of hydrogen-bond acceptors (Lipinski definition) is 8. The highest BCUT2D eigenvalue weighted by Crippen LogP contribution is 2.34. The van der Waals surface area contributed by atoms with Gasteiger partial charge in [0.25, 0.3) is 0 Å². The van der Waals surface area contributed by atoms with E-state index in [1.54, 1.807) is 39.9 Å². The largest absolute Gasteiger partial charge is 0.493 e. The second-order valence-electron chi connectivity index (χ2n) is 8.14. The number of alkyl carbamates (subject to hydrolysis) is 1. The van der Waals surface area contributed by atoms with Crippen LogP contribution < -0.4 is 19.7 Å². The summed E-state index contributed by atoms with van der Waals surface area (Å²) in [4.78, 5) is 36.9. The number of carbonyl (C=O) groups is 2. The van der Waals surface area contributed by atoms with Crippen LogP contribution in [0.2, 0.25) is 0 Å². The third kappa shape index (κ3) is 5.44. The van der Waals surface area contributed by atoms with Gasteiger partial charge in [0, 0.05) is 37.6 Å². The molecule has 1 aliphatic rings. The average molecular weight is 431 g/mol. The minimum Gasteiger partial charge on any atom is -0.493 e. The second kappa shape index (κ2) is 9.23. The molecule has 1 aliphatic heterocycles. The number of benzene rings is 1. The lowest BCUT2D eigenvalue weighted by molar-refractivity contribution is -0.130. The molecular formula is C21H29N5O5. The molecule has 1 N–H and O–H groups in total. The quantitative estimate of drug-likeness (QED) is 0.764. The normalized spacial score (nSPS) is 14.4. The van der Waals surface area contributed by atoms with Crippen LogP contribution in [0, 0.1) is 0 Å². The molecule has 0 aliphatic carbocycles. The number of hydrogen-bond donors (Lipinski definition) is 1. The molecule has 0 spiro atoms. The van der Waals surface area contributed by atoms with Gasteiger partial charge in [0.1, 0.15) is 24.3 Å². The highest BCUT2D eigenvalue weighted by molar-refractivity contribution is 5.92. The molecule has 31 heavy (non-hydrogen) atoms. The molecule has 0 saturated carbocycles. The number of carbonyl (C=O) groups excluding carboxylic acids is 2. The van der Waals surface area contributed by atoms with Crippen molar-refractivity contribution in [3.8, 4) is 11.5 Å². The number of rotatable bonds is 5. The van der Waals surface area contributed by atoms with Crippen molar-refractivity contribution >= 4 is 28.7 Å². The van der Waals surface area contributed by atoms with E-state index >= 15 is 0 Å². The summed E-state index contributed by atoms with van der Waals surface area (Å²) in [5.74, 6) is 1.84. The van der Waals surface area contributed by atoms with Gasteiger partial charge in [0.05, 0.1) is 19.7 Å². The molecule has 2 amide bonds. The zero-order chi connectivity index (χ0) is 22.6. The van der Waals surface area contributed by atoms with Crippen molar-refractivity contribution < 1.29 is 23.8 Å². The van der Waals surface area contributed by atoms with Crippen LogP contribution in [0.1, 0.15) is 20.8 Å². The van der Waals surface area contributed by atoms with Crippen LogP contribution in [-0.2, 0) is 9.53 Å². The van der Waals surface area contributed by atoms with Crippen molar-refractivity contribution in [1.82, 2.24) is 20.2 Å². The van der Waals surface area contributed by atoms with E-state index < -0.39 is 11.7 Å². The first-order valence-corrected chi connectivity index (χ1v) is 10.1. The first kappa shape index (κ1) is 22.4. The Labute approximate surface area is 181 Å². The molecule has 0 radical (unpaired) electrons. The molecule has 1 fully saturated rings. The summed E-state index contributed by atoms with van der Waals surface area (Å²) < 4.78 is 15.9. The van der Waals surface area contributed by atoms with Gasteiger partial charge in [0.2, 0.25) is 5.91 Å². The topological polar surface area (TPSA) is 106 Å². The van der Waals surface area contributed by atoms with Crippen molar-refractivity contribution in [2.24, 2.45) is 0 Å². The number of fused-ring (bicyclic) bond motifs is 1. The molecule has 1 saturated heterocycles. The average Bonchev–Trinajstić information content (AvgIpc) is 2.75. The molecule has 10 heteroatoms. The highest BCUT2D eigenvalue weighted by atomic mass is 16.6. The van der Waals surface area contributed by atoms with Crippen molar-refractivity contribution in [3.05, 3.63) is 18.5 Å². The third-order valence-corrected chi connectivity index (χ3v) is 4.83. The summed E-state index contributed by atoms with van der Waals surface area (Å²) in [5.41, 5.74) is 0.147. The Morgan fingerprint density at radius 1 is 1.03 bits per heavy atom. The first-order valence-electron chi connectivity index (χ1n) is 10.1. The van der Waals surface area contributed by atoms with E-state index in [2.05, 4.69) is 20.2 Å². The van der Waals surface area contributed by atoms with Crippen molar-refractivity contribution in [2.75, 3.05) is 51.8 Å². The molecule has 1 aromatic heterocycles. The van der Waals surface area contributed by atoms with Crippen LogP contribution >= 0.6 is 0 Å². The van der Waals surface area contributed by atoms with E-state index in [9.17, 15) is 9.59 Å². The zero-order valence-electron chi connectivity index (χ0n) is 18.6. The number of methoxy groups -OCH3 is 2. The van der Waals surface area contributed by atoms with E-state index in [-0.39, 0.29) is 12.5 Å². The van der Waals surface area contributed by atoms with Gasteiger partial charge >= 0.3 is 6.09 Å². The summed E-state index contributed by atoms with van der Waals surface area (Å²) in [6.45, 7) is 7.49. The fraction of sp³-hybridized carbons (Fsp3) is 0.524. The number of aromatic nitrogens is 2. The van der Waals surface area contributed by atoms with E-state index in [0.717, 1.165) is 16.7 Å². The highest BCUT2D eigenvalue weighted by Gasteiger charge is 2.24. The lowest BCUT2D eigenvalue weighted by atomic mass is 10.2. The van der Waals surface area contributed by atoms with Crippen LogP contribution in [-0.4, -0.2) is 79.4 Å². The van der Waals surface area contributed by atoms with Crippen LogP contribution in [0.3, 0.4) is 0 Å². The number of anilines is 1. The van der Waals surface area contributed by atoms with Crippen molar-refractivity contribution in [3.63, 3.8) is 0 Å². The molecule has 3 rings (SSSR count). The SMILES string of the molecule is COc1cc2ncnc(N3CCN(C(=O)CNC(=O)OC(C)(C)C)CC3)c2cc1OC. The summed E-state index contributed by atoms with van der Waals surface area (Å²) >= 11 is 0. The van der Waals surface area contributed by atoms with Crippen molar-refractivity contribution in [2.45, 2.75) is 26.4 Å². The fourth-order valence-corrected chi connectivity index (χ4v) is 3.36. The second-order valence-corrected chi connectivity index (χ2v) is 8.14. The number of nitrogens with one attached hydrogen (secondary N) is 1. The van der Waals surface area contributed by atoms with Gasteiger partial charge in [-0.3, -0.25) is 4.79 Å². The Balaban J connectivity index is 1.64.